The van der Waals surface area contributed by atoms with E-state index in [0.717, 1.165) is 30.4 Å². The molecule has 0 amide bonds. The first-order valence-electron chi connectivity index (χ1n) is 6.83. The lowest BCUT2D eigenvalue weighted by molar-refractivity contribution is 0.0271. The second-order valence-corrected chi connectivity index (χ2v) is 5.72. The quantitative estimate of drug-likeness (QED) is 0.825. The van der Waals surface area contributed by atoms with Gasteiger partial charge in [-0.1, -0.05) is 0 Å². The molecule has 2 heterocycles. The minimum Gasteiger partial charge on any atom is -0.393 e. The maximum absolute atomic E-state index is 9.31. The average molecular weight is 276 g/mol. The van der Waals surface area contributed by atoms with Crippen LogP contribution in [0.5, 0.6) is 0 Å². The first-order chi connectivity index (χ1) is 9.52. The van der Waals surface area contributed by atoms with Gasteiger partial charge in [0.25, 0.3) is 0 Å². The molecule has 7 nitrogen and oxygen atoms in total. The SMILES string of the molecule is CN(Cc1nc(N)c2cnn(C)c2n1)CC1CC(O)C1. The number of aryl methyl sites for hydroxylation is 1. The lowest BCUT2D eigenvalue weighted by Crippen LogP contribution is -2.37. The molecule has 20 heavy (non-hydrogen) atoms. The molecule has 0 aromatic carbocycles. The monoisotopic (exact) mass is 276 g/mol. The van der Waals surface area contributed by atoms with Gasteiger partial charge in [0.15, 0.2) is 5.65 Å². The van der Waals surface area contributed by atoms with Gasteiger partial charge in [0, 0.05) is 13.6 Å². The lowest BCUT2D eigenvalue weighted by atomic mass is 9.82. The normalized spacial score (nSPS) is 22.4. The van der Waals surface area contributed by atoms with Gasteiger partial charge in [-0.3, -0.25) is 9.58 Å². The van der Waals surface area contributed by atoms with Crippen LogP contribution in [0.4, 0.5) is 5.82 Å². The Hall–Kier alpha value is -1.73. The maximum Gasteiger partial charge on any atom is 0.163 e. The van der Waals surface area contributed by atoms with Crippen LogP contribution in [0.3, 0.4) is 0 Å². The molecule has 0 spiro atoms. The highest BCUT2D eigenvalue weighted by Gasteiger charge is 2.28. The summed E-state index contributed by atoms with van der Waals surface area (Å²) in [7, 11) is 3.88. The van der Waals surface area contributed by atoms with E-state index in [1.165, 1.54) is 0 Å². The van der Waals surface area contributed by atoms with Crippen LogP contribution < -0.4 is 5.73 Å². The molecule has 2 aromatic rings. The zero-order chi connectivity index (χ0) is 14.3. The summed E-state index contributed by atoms with van der Waals surface area (Å²) in [5, 5.41) is 14.3. The van der Waals surface area contributed by atoms with Crippen molar-refractivity contribution >= 4 is 16.9 Å². The Morgan fingerprint density at radius 1 is 1.45 bits per heavy atom. The molecule has 7 heteroatoms. The molecule has 0 aliphatic heterocycles. The molecular weight excluding hydrogens is 256 g/mol. The standard InChI is InChI=1S/C13H20N6O/c1-18(6-8-3-9(20)4-8)7-11-16-12(14)10-5-15-19(2)13(10)17-11/h5,8-9,20H,3-4,6-7H2,1-2H3,(H2,14,16,17). The number of nitrogen functional groups attached to an aromatic ring is 1. The van der Waals surface area contributed by atoms with Crippen molar-refractivity contribution in [3.8, 4) is 0 Å². The molecule has 0 unspecified atom stereocenters. The summed E-state index contributed by atoms with van der Waals surface area (Å²) in [4.78, 5) is 11.0. The minimum atomic E-state index is -0.105. The molecule has 2 aromatic heterocycles. The van der Waals surface area contributed by atoms with E-state index in [0.29, 0.717) is 24.1 Å². The van der Waals surface area contributed by atoms with Crippen LogP contribution in [0.1, 0.15) is 18.7 Å². The van der Waals surface area contributed by atoms with Gasteiger partial charge in [-0.05, 0) is 25.8 Å². The van der Waals surface area contributed by atoms with Gasteiger partial charge in [-0.25, -0.2) is 9.97 Å². The fourth-order valence-corrected chi connectivity index (χ4v) is 2.76. The van der Waals surface area contributed by atoms with Gasteiger partial charge in [0.2, 0.25) is 0 Å². The topological polar surface area (TPSA) is 93.1 Å². The number of hydrogen-bond acceptors (Lipinski definition) is 6. The Balaban J connectivity index is 1.72. The molecule has 1 saturated carbocycles. The van der Waals surface area contributed by atoms with E-state index in [-0.39, 0.29) is 6.10 Å². The van der Waals surface area contributed by atoms with Crippen LogP contribution in [0, 0.1) is 5.92 Å². The van der Waals surface area contributed by atoms with E-state index < -0.39 is 0 Å². The van der Waals surface area contributed by atoms with Crippen molar-refractivity contribution in [3.63, 3.8) is 0 Å². The largest absolute Gasteiger partial charge is 0.393 e. The van der Waals surface area contributed by atoms with Crippen molar-refractivity contribution in [2.24, 2.45) is 13.0 Å². The molecule has 1 fully saturated rings. The minimum absolute atomic E-state index is 0.105. The highest BCUT2D eigenvalue weighted by Crippen LogP contribution is 2.27. The van der Waals surface area contributed by atoms with Crippen molar-refractivity contribution in [1.29, 1.82) is 0 Å². The number of aliphatic hydroxyl groups is 1. The van der Waals surface area contributed by atoms with Gasteiger partial charge in [-0.15, -0.1) is 0 Å². The second-order valence-electron chi connectivity index (χ2n) is 5.72. The summed E-state index contributed by atoms with van der Waals surface area (Å²) in [5.41, 5.74) is 6.71. The van der Waals surface area contributed by atoms with E-state index in [4.69, 9.17) is 5.73 Å². The predicted octanol–water partition coefficient (Wildman–Crippen LogP) is 0.148. The molecule has 108 valence electrons. The Labute approximate surface area is 117 Å². The molecule has 0 saturated heterocycles. The third-order valence-electron chi connectivity index (χ3n) is 3.86. The zero-order valence-corrected chi connectivity index (χ0v) is 11.8. The van der Waals surface area contributed by atoms with Crippen LogP contribution in [-0.2, 0) is 13.6 Å². The molecule has 1 aliphatic carbocycles. The first kappa shape index (κ1) is 13.3. The number of aliphatic hydroxyl groups excluding tert-OH is 1. The third kappa shape index (κ3) is 2.46. The fourth-order valence-electron chi connectivity index (χ4n) is 2.76. The van der Waals surface area contributed by atoms with Gasteiger partial charge in [-0.2, -0.15) is 5.10 Å². The van der Waals surface area contributed by atoms with Crippen molar-refractivity contribution < 1.29 is 5.11 Å². The smallest absolute Gasteiger partial charge is 0.163 e. The molecule has 3 rings (SSSR count). The van der Waals surface area contributed by atoms with E-state index >= 15 is 0 Å². The summed E-state index contributed by atoms with van der Waals surface area (Å²) >= 11 is 0. The third-order valence-corrected chi connectivity index (χ3v) is 3.86. The van der Waals surface area contributed by atoms with Crippen LogP contribution >= 0.6 is 0 Å². The van der Waals surface area contributed by atoms with Gasteiger partial charge in [0.1, 0.15) is 11.6 Å². The van der Waals surface area contributed by atoms with Gasteiger partial charge < -0.3 is 10.8 Å². The summed E-state index contributed by atoms with van der Waals surface area (Å²) in [6, 6.07) is 0. The van der Waals surface area contributed by atoms with E-state index in [2.05, 4.69) is 20.0 Å². The van der Waals surface area contributed by atoms with Crippen molar-refractivity contribution in [2.45, 2.75) is 25.5 Å². The van der Waals surface area contributed by atoms with Crippen LogP contribution in [-0.4, -0.2) is 49.5 Å². The van der Waals surface area contributed by atoms with Crippen LogP contribution in [0.2, 0.25) is 0 Å². The molecule has 0 atom stereocenters. The number of rotatable bonds is 4. The number of nitrogens with two attached hydrogens (primary N) is 1. The van der Waals surface area contributed by atoms with E-state index in [9.17, 15) is 5.11 Å². The van der Waals surface area contributed by atoms with Crippen LogP contribution in [0.15, 0.2) is 6.20 Å². The number of hydrogen-bond donors (Lipinski definition) is 2. The molecule has 3 N–H and O–H groups in total. The van der Waals surface area contributed by atoms with Crippen molar-refractivity contribution in [2.75, 3.05) is 19.3 Å². The Kier molecular flexibility index (Phi) is 3.31. The van der Waals surface area contributed by atoms with E-state index in [1.54, 1.807) is 10.9 Å². The molecule has 0 bridgehead atoms. The summed E-state index contributed by atoms with van der Waals surface area (Å²) in [6.07, 6.45) is 3.38. The highest BCUT2D eigenvalue weighted by atomic mass is 16.3. The Morgan fingerprint density at radius 3 is 2.90 bits per heavy atom. The zero-order valence-electron chi connectivity index (χ0n) is 11.8. The summed E-state index contributed by atoms with van der Waals surface area (Å²) in [5.74, 6) is 1.76. The molecule has 0 radical (unpaired) electrons. The Morgan fingerprint density at radius 2 is 2.20 bits per heavy atom. The maximum atomic E-state index is 9.31. The van der Waals surface area contributed by atoms with Gasteiger partial charge >= 0.3 is 0 Å². The lowest BCUT2D eigenvalue weighted by Gasteiger charge is -2.34. The van der Waals surface area contributed by atoms with Crippen molar-refractivity contribution in [1.82, 2.24) is 24.6 Å². The fraction of sp³-hybridized carbons (Fsp3) is 0.615. The first-order valence-corrected chi connectivity index (χ1v) is 6.83. The molecular formula is C13H20N6O. The summed E-state index contributed by atoms with van der Waals surface area (Å²) < 4.78 is 1.71. The van der Waals surface area contributed by atoms with Gasteiger partial charge in [0.05, 0.1) is 24.2 Å². The highest BCUT2D eigenvalue weighted by molar-refractivity contribution is 5.84. The second kappa shape index (κ2) is 4.99. The number of fused-ring (bicyclic) bond motifs is 1. The predicted molar refractivity (Wildman–Crippen MR) is 75.8 cm³/mol. The summed E-state index contributed by atoms with van der Waals surface area (Å²) in [6.45, 7) is 1.60. The number of aromatic nitrogens is 4. The Bertz CT molecular complexity index is 619. The van der Waals surface area contributed by atoms with E-state index in [1.807, 2.05) is 14.1 Å². The van der Waals surface area contributed by atoms with Crippen LogP contribution in [0.25, 0.3) is 11.0 Å². The van der Waals surface area contributed by atoms with Crippen molar-refractivity contribution in [3.05, 3.63) is 12.0 Å². The molecule has 1 aliphatic rings. The number of anilines is 1. The average Bonchev–Trinajstić information content (AvgIpc) is 2.70. The number of nitrogens with zero attached hydrogens (tertiary/aromatic N) is 5.